The molecule has 0 spiro atoms. The second-order valence-electron chi connectivity index (χ2n) is 6.24. The van der Waals surface area contributed by atoms with Gasteiger partial charge >= 0.3 is 11.9 Å². The maximum Gasteiger partial charge on any atom is 0.309 e. The zero-order chi connectivity index (χ0) is 16.7. The number of ether oxygens (including phenoxy) is 2. The van der Waals surface area contributed by atoms with E-state index in [0.29, 0.717) is 18.8 Å². The number of carbonyl (C=O) groups excluding carboxylic acids is 2. The minimum Gasteiger partial charge on any atom is -0.469 e. The van der Waals surface area contributed by atoms with Crippen LogP contribution in [0.1, 0.15) is 46.5 Å². The van der Waals surface area contributed by atoms with Crippen LogP contribution in [0, 0.1) is 17.8 Å². The molecular formula is C18H28O4. The fraction of sp³-hybridized carbons (Fsp3) is 0.667. The van der Waals surface area contributed by atoms with E-state index in [1.165, 1.54) is 25.4 Å². The van der Waals surface area contributed by atoms with Crippen molar-refractivity contribution in [3.8, 4) is 0 Å². The normalized spacial score (nSPS) is 22.3. The number of carbonyl (C=O) groups is 2. The summed E-state index contributed by atoms with van der Waals surface area (Å²) in [5.41, 5.74) is 2.57. The molecule has 1 rings (SSSR count). The molecule has 1 aliphatic carbocycles. The lowest BCUT2D eigenvalue weighted by molar-refractivity contribution is -0.157. The van der Waals surface area contributed by atoms with Crippen LogP contribution in [0.2, 0.25) is 0 Å². The lowest BCUT2D eigenvalue weighted by Crippen LogP contribution is -2.34. The molecule has 1 aliphatic rings. The largest absolute Gasteiger partial charge is 0.469 e. The summed E-state index contributed by atoms with van der Waals surface area (Å²) in [7, 11) is 2.73. The highest BCUT2D eigenvalue weighted by molar-refractivity contribution is 5.82. The Labute approximate surface area is 133 Å². The maximum atomic E-state index is 12.0. The predicted molar refractivity (Wildman–Crippen MR) is 86.2 cm³/mol. The molecule has 3 unspecified atom stereocenters. The molecule has 3 atom stereocenters. The van der Waals surface area contributed by atoms with Crippen LogP contribution in [0.5, 0.6) is 0 Å². The summed E-state index contributed by atoms with van der Waals surface area (Å²) in [6.45, 7) is 6.37. The van der Waals surface area contributed by atoms with Crippen LogP contribution < -0.4 is 0 Å². The van der Waals surface area contributed by atoms with Crippen molar-refractivity contribution in [2.75, 3.05) is 14.2 Å². The Balaban J connectivity index is 2.78. The van der Waals surface area contributed by atoms with E-state index in [2.05, 4.69) is 32.9 Å². The Morgan fingerprint density at radius 1 is 1.23 bits per heavy atom. The summed E-state index contributed by atoms with van der Waals surface area (Å²) in [5, 5.41) is 0. The third-order valence-electron chi connectivity index (χ3n) is 4.37. The van der Waals surface area contributed by atoms with E-state index >= 15 is 0 Å². The van der Waals surface area contributed by atoms with Crippen molar-refractivity contribution in [2.24, 2.45) is 17.8 Å². The summed E-state index contributed by atoms with van der Waals surface area (Å²) in [6, 6.07) is 0. The van der Waals surface area contributed by atoms with Gasteiger partial charge in [0.25, 0.3) is 0 Å². The van der Waals surface area contributed by atoms with Gasteiger partial charge in [0.1, 0.15) is 0 Å². The molecule has 0 aliphatic heterocycles. The smallest absolute Gasteiger partial charge is 0.309 e. The van der Waals surface area contributed by atoms with E-state index in [0.717, 1.165) is 12.8 Å². The second kappa shape index (κ2) is 8.76. The quantitative estimate of drug-likeness (QED) is 0.555. The van der Waals surface area contributed by atoms with Crippen LogP contribution in [-0.2, 0) is 19.1 Å². The molecule has 4 heteroatoms. The summed E-state index contributed by atoms with van der Waals surface area (Å²) >= 11 is 0. The van der Waals surface area contributed by atoms with Crippen molar-refractivity contribution in [2.45, 2.75) is 46.5 Å². The van der Waals surface area contributed by atoms with Crippen molar-refractivity contribution in [3.05, 3.63) is 23.3 Å². The first-order valence-corrected chi connectivity index (χ1v) is 7.88. The molecule has 124 valence electrons. The highest BCUT2D eigenvalue weighted by Crippen LogP contribution is 2.36. The minimum atomic E-state index is -0.427. The zero-order valence-corrected chi connectivity index (χ0v) is 14.3. The van der Waals surface area contributed by atoms with E-state index in [9.17, 15) is 9.59 Å². The fourth-order valence-electron chi connectivity index (χ4n) is 2.94. The average molecular weight is 308 g/mol. The SMILES string of the molecule is COC(=O)C1CC=C(C(C)CCC=C(C)C)CC1C(=O)OC. The standard InChI is InChI=1S/C18H28O4/c1-12(2)7-6-8-13(3)14-9-10-15(17(19)21-4)16(11-14)18(20)22-5/h7,9,13,15-16H,6,8,10-11H2,1-5H3. The number of allylic oxidation sites excluding steroid dienone is 4. The Morgan fingerprint density at radius 3 is 2.36 bits per heavy atom. The summed E-state index contributed by atoms with van der Waals surface area (Å²) in [6.07, 6.45) is 7.55. The Bertz CT molecular complexity index is 458. The molecule has 0 amide bonds. The first-order chi connectivity index (χ1) is 10.4. The van der Waals surface area contributed by atoms with E-state index in [1.54, 1.807) is 0 Å². The molecule has 0 saturated carbocycles. The van der Waals surface area contributed by atoms with E-state index in [4.69, 9.17) is 9.47 Å². The molecule has 0 fully saturated rings. The molecule has 0 aromatic rings. The molecule has 0 N–H and O–H groups in total. The summed E-state index contributed by atoms with van der Waals surface area (Å²) in [4.78, 5) is 23.9. The van der Waals surface area contributed by atoms with Gasteiger partial charge in [0.15, 0.2) is 0 Å². The summed E-state index contributed by atoms with van der Waals surface area (Å²) < 4.78 is 9.69. The molecule has 0 aromatic heterocycles. The number of hydrogen-bond acceptors (Lipinski definition) is 4. The highest BCUT2D eigenvalue weighted by atomic mass is 16.5. The third kappa shape index (κ3) is 5.00. The number of methoxy groups -OCH3 is 2. The second-order valence-corrected chi connectivity index (χ2v) is 6.24. The molecule has 4 nitrogen and oxygen atoms in total. The van der Waals surface area contributed by atoms with Crippen LogP contribution in [0.15, 0.2) is 23.3 Å². The molecule has 0 radical (unpaired) electrons. The maximum absolute atomic E-state index is 12.0. The van der Waals surface area contributed by atoms with Gasteiger partial charge in [-0.2, -0.15) is 0 Å². The highest BCUT2D eigenvalue weighted by Gasteiger charge is 2.38. The molecule has 0 heterocycles. The van der Waals surface area contributed by atoms with Crippen molar-refractivity contribution >= 4 is 11.9 Å². The lowest BCUT2D eigenvalue weighted by atomic mass is 9.75. The van der Waals surface area contributed by atoms with Crippen molar-refractivity contribution in [1.82, 2.24) is 0 Å². The van der Waals surface area contributed by atoms with E-state index in [1.807, 2.05) is 0 Å². The van der Waals surface area contributed by atoms with Crippen LogP contribution in [0.25, 0.3) is 0 Å². The predicted octanol–water partition coefficient (Wildman–Crippen LogP) is 3.67. The van der Waals surface area contributed by atoms with Gasteiger partial charge in [-0.15, -0.1) is 0 Å². The molecule has 0 aromatic carbocycles. The van der Waals surface area contributed by atoms with Crippen LogP contribution in [-0.4, -0.2) is 26.2 Å². The molecular weight excluding hydrogens is 280 g/mol. The number of hydrogen-bond donors (Lipinski definition) is 0. The molecule has 0 bridgehead atoms. The van der Waals surface area contributed by atoms with Gasteiger partial charge in [-0.05, 0) is 45.4 Å². The van der Waals surface area contributed by atoms with Gasteiger partial charge in [0, 0.05) is 0 Å². The average Bonchev–Trinajstić information content (AvgIpc) is 2.52. The van der Waals surface area contributed by atoms with Gasteiger partial charge in [-0.1, -0.05) is 30.2 Å². The van der Waals surface area contributed by atoms with Crippen LogP contribution >= 0.6 is 0 Å². The van der Waals surface area contributed by atoms with Gasteiger partial charge in [0.05, 0.1) is 26.1 Å². The number of rotatable bonds is 6. The van der Waals surface area contributed by atoms with Crippen LogP contribution in [0.3, 0.4) is 0 Å². The first kappa shape index (κ1) is 18.5. The van der Waals surface area contributed by atoms with Crippen molar-refractivity contribution in [1.29, 1.82) is 0 Å². The van der Waals surface area contributed by atoms with Gasteiger partial charge in [-0.25, -0.2) is 0 Å². The van der Waals surface area contributed by atoms with E-state index in [-0.39, 0.29) is 11.9 Å². The molecule has 0 saturated heterocycles. The minimum absolute atomic E-state index is 0.322. The monoisotopic (exact) mass is 308 g/mol. The number of esters is 2. The third-order valence-corrected chi connectivity index (χ3v) is 4.37. The Kier molecular flexibility index (Phi) is 7.36. The van der Waals surface area contributed by atoms with Gasteiger partial charge in [-0.3, -0.25) is 9.59 Å². The van der Waals surface area contributed by atoms with E-state index < -0.39 is 11.8 Å². The topological polar surface area (TPSA) is 52.6 Å². The lowest BCUT2D eigenvalue weighted by Gasteiger charge is -2.30. The van der Waals surface area contributed by atoms with Gasteiger partial charge < -0.3 is 9.47 Å². The Morgan fingerprint density at radius 2 is 1.82 bits per heavy atom. The molecule has 22 heavy (non-hydrogen) atoms. The Hall–Kier alpha value is -1.58. The van der Waals surface area contributed by atoms with Gasteiger partial charge in [0.2, 0.25) is 0 Å². The van der Waals surface area contributed by atoms with Crippen molar-refractivity contribution in [3.63, 3.8) is 0 Å². The zero-order valence-electron chi connectivity index (χ0n) is 14.3. The van der Waals surface area contributed by atoms with Crippen molar-refractivity contribution < 1.29 is 19.1 Å². The first-order valence-electron chi connectivity index (χ1n) is 7.88. The fourth-order valence-corrected chi connectivity index (χ4v) is 2.94. The van der Waals surface area contributed by atoms with Crippen LogP contribution in [0.4, 0.5) is 0 Å². The summed E-state index contributed by atoms with van der Waals surface area (Å²) in [5.74, 6) is -1.10.